The molecule has 1 atom stereocenters. The van der Waals surface area contributed by atoms with Gasteiger partial charge in [-0.1, -0.05) is 20.8 Å². The lowest BCUT2D eigenvalue weighted by Crippen LogP contribution is -2.38. The lowest BCUT2D eigenvalue weighted by Gasteiger charge is -2.26. The summed E-state index contributed by atoms with van der Waals surface area (Å²) < 4.78 is 1.63. The Bertz CT molecular complexity index is 867. The zero-order valence-electron chi connectivity index (χ0n) is 15.9. The molecule has 0 radical (unpaired) electrons. The van der Waals surface area contributed by atoms with Gasteiger partial charge in [0.2, 0.25) is 0 Å². The fourth-order valence-corrected chi connectivity index (χ4v) is 3.96. The molecule has 0 saturated carbocycles. The van der Waals surface area contributed by atoms with Crippen molar-refractivity contribution < 1.29 is 0 Å². The summed E-state index contributed by atoms with van der Waals surface area (Å²) in [6, 6.07) is 5.93. The van der Waals surface area contributed by atoms with Crippen molar-refractivity contribution in [2.45, 2.75) is 70.9 Å². The van der Waals surface area contributed by atoms with Gasteiger partial charge in [0.1, 0.15) is 0 Å². The van der Waals surface area contributed by atoms with Crippen molar-refractivity contribution in [3.05, 3.63) is 45.5 Å². The molecule has 2 aliphatic rings. The van der Waals surface area contributed by atoms with Gasteiger partial charge in [0.05, 0.1) is 24.0 Å². The van der Waals surface area contributed by atoms with Crippen molar-refractivity contribution in [2.75, 3.05) is 11.4 Å². The number of anilines is 1. The van der Waals surface area contributed by atoms with Crippen LogP contribution in [-0.4, -0.2) is 32.6 Å². The zero-order valence-corrected chi connectivity index (χ0v) is 15.9. The first kappa shape index (κ1) is 17.2. The molecule has 26 heavy (non-hydrogen) atoms. The van der Waals surface area contributed by atoms with E-state index < -0.39 is 0 Å². The molecule has 2 aromatic rings. The highest BCUT2D eigenvalue weighted by molar-refractivity contribution is 5.44. The number of hydrogen-bond acceptors (Lipinski definition) is 5. The Morgan fingerprint density at radius 3 is 2.81 bits per heavy atom. The third kappa shape index (κ3) is 3.24. The van der Waals surface area contributed by atoms with Crippen LogP contribution in [0.4, 0.5) is 5.82 Å². The van der Waals surface area contributed by atoms with Crippen LogP contribution >= 0.6 is 0 Å². The van der Waals surface area contributed by atoms with Crippen molar-refractivity contribution in [2.24, 2.45) is 0 Å². The molecule has 1 saturated heterocycles. The van der Waals surface area contributed by atoms with E-state index in [0.717, 1.165) is 49.4 Å². The summed E-state index contributed by atoms with van der Waals surface area (Å²) in [4.78, 5) is 14.6. The first-order chi connectivity index (χ1) is 12.4. The number of hydrogen-bond donors (Lipinski definition) is 0. The number of fused-ring (bicyclic) bond motifs is 1. The van der Waals surface area contributed by atoms with Crippen molar-refractivity contribution in [1.82, 2.24) is 20.0 Å². The monoisotopic (exact) mass is 353 g/mol. The average Bonchev–Trinajstić information content (AvgIpc) is 3.24. The molecule has 1 aliphatic heterocycles. The summed E-state index contributed by atoms with van der Waals surface area (Å²) in [6.07, 6.45) is 5.48. The van der Waals surface area contributed by atoms with Crippen molar-refractivity contribution in [1.29, 1.82) is 0 Å². The Balaban J connectivity index is 1.59. The summed E-state index contributed by atoms with van der Waals surface area (Å²) in [7, 11) is 0. The summed E-state index contributed by atoms with van der Waals surface area (Å²) in [5.74, 6) is 0.952. The summed E-state index contributed by atoms with van der Waals surface area (Å²) in [5, 5.41) is 13.5. The number of aromatic nitrogens is 4. The van der Waals surface area contributed by atoms with Gasteiger partial charge < -0.3 is 4.90 Å². The molecule has 1 unspecified atom stereocenters. The minimum Gasteiger partial charge on any atom is -0.350 e. The average molecular weight is 353 g/mol. The van der Waals surface area contributed by atoms with E-state index in [-0.39, 0.29) is 17.0 Å². The Labute approximate surface area is 154 Å². The molecule has 6 heteroatoms. The van der Waals surface area contributed by atoms with Gasteiger partial charge in [0.15, 0.2) is 5.82 Å². The molecule has 1 fully saturated rings. The summed E-state index contributed by atoms with van der Waals surface area (Å²) in [5.41, 5.74) is 3.32. The van der Waals surface area contributed by atoms with E-state index in [1.165, 1.54) is 12.0 Å². The number of rotatable bonds is 3. The van der Waals surface area contributed by atoms with Crippen LogP contribution in [0.1, 0.15) is 57.0 Å². The van der Waals surface area contributed by atoms with Gasteiger partial charge in [-0.3, -0.25) is 4.79 Å². The molecular formula is C20H27N5O. The van der Waals surface area contributed by atoms with E-state index in [0.29, 0.717) is 6.54 Å². The Hall–Kier alpha value is -2.24. The van der Waals surface area contributed by atoms with Gasteiger partial charge in [-0.05, 0) is 49.8 Å². The Kier molecular flexibility index (Phi) is 4.29. The first-order valence-electron chi connectivity index (χ1n) is 9.62. The minimum atomic E-state index is -0.0731. The van der Waals surface area contributed by atoms with Gasteiger partial charge in [-0.25, -0.2) is 4.68 Å². The van der Waals surface area contributed by atoms with Crippen LogP contribution in [0.25, 0.3) is 0 Å². The van der Waals surface area contributed by atoms with E-state index in [9.17, 15) is 4.79 Å². The first-order valence-corrected chi connectivity index (χ1v) is 9.62. The maximum Gasteiger partial charge on any atom is 0.266 e. The van der Waals surface area contributed by atoms with Crippen molar-refractivity contribution >= 4 is 5.82 Å². The van der Waals surface area contributed by atoms with Crippen LogP contribution in [0.15, 0.2) is 23.0 Å². The number of nitrogens with zero attached hydrogens (tertiary/aromatic N) is 5. The SMILES string of the molecule is CC(C)(C)c1ccc(=O)n(CC2CCCN2c2cc3c(nn2)CCC3)n1. The summed E-state index contributed by atoms with van der Waals surface area (Å²) in [6.45, 7) is 7.91. The second kappa shape index (κ2) is 6.49. The van der Waals surface area contributed by atoms with Crippen LogP contribution in [0.3, 0.4) is 0 Å². The maximum absolute atomic E-state index is 12.3. The van der Waals surface area contributed by atoms with E-state index in [1.54, 1.807) is 10.7 Å². The molecule has 0 aromatic carbocycles. The largest absolute Gasteiger partial charge is 0.350 e. The molecule has 0 N–H and O–H groups in total. The molecule has 3 heterocycles. The molecule has 0 amide bonds. The number of aryl methyl sites for hydroxylation is 2. The van der Waals surface area contributed by atoms with E-state index in [2.05, 4.69) is 47.0 Å². The standard InChI is InChI=1S/C20H27N5O/c1-20(2,3)17-9-10-19(26)25(23-17)13-15-7-5-11-24(15)18-12-14-6-4-8-16(14)21-22-18/h9-10,12,15H,4-8,11,13H2,1-3H3. The molecule has 2 aromatic heterocycles. The van der Waals surface area contributed by atoms with E-state index >= 15 is 0 Å². The van der Waals surface area contributed by atoms with Gasteiger partial charge in [0.25, 0.3) is 5.56 Å². The molecule has 0 bridgehead atoms. The highest BCUT2D eigenvalue weighted by atomic mass is 16.1. The molecule has 1 aliphatic carbocycles. The molecule has 0 spiro atoms. The fraction of sp³-hybridized carbons (Fsp3) is 0.600. The van der Waals surface area contributed by atoms with Crippen LogP contribution in [0.2, 0.25) is 0 Å². The second-order valence-electron chi connectivity index (χ2n) is 8.51. The lowest BCUT2D eigenvalue weighted by atomic mass is 9.92. The van der Waals surface area contributed by atoms with Crippen molar-refractivity contribution in [3.63, 3.8) is 0 Å². The highest BCUT2D eigenvalue weighted by Gasteiger charge is 2.28. The van der Waals surface area contributed by atoms with Crippen LogP contribution in [0.5, 0.6) is 0 Å². The molecule has 4 rings (SSSR count). The highest BCUT2D eigenvalue weighted by Crippen LogP contribution is 2.28. The zero-order chi connectivity index (χ0) is 18.3. The minimum absolute atomic E-state index is 0.0371. The third-order valence-electron chi connectivity index (χ3n) is 5.50. The Morgan fingerprint density at radius 1 is 1.15 bits per heavy atom. The third-order valence-corrected chi connectivity index (χ3v) is 5.50. The summed E-state index contributed by atoms with van der Waals surface area (Å²) >= 11 is 0. The quantitative estimate of drug-likeness (QED) is 0.848. The second-order valence-corrected chi connectivity index (χ2v) is 8.51. The topological polar surface area (TPSA) is 63.9 Å². The Morgan fingerprint density at radius 2 is 2.00 bits per heavy atom. The predicted octanol–water partition coefficient (Wildman–Crippen LogP) is 2.49. The van der Waals surface area contributed by atoms with Gasteiger partial charge in [-0.15, -0.1) is 5.10 Å². The predicted molar refractivity (Wildman–Crippen MR) is 102 cm³/mol. The van der Waals surface area contributed by atoms with Crippen LogP contribution < -0.4 is 10.5 Å². The maximum atomic E-state index is 12.3. The molecule has 138 valence electrons. The van der Waals surface area contributed by atoms with E-state index in [1.807, 2.05) is 6.07 Å². The van der Waals surface area contributed by atoms with Crippen molar-refractivity contribution in [3.8, 4) is 0 Å². The molecular weight excluding hydrogens is 326 g/mol. The van der Waals surface area contributed by atoms with Crippen LogP contribution in [0, 0.1) is 0 Å². The van der Waals surface area contributed by atoms with Crippen LogP contribution in [-0.2, 0) is 24.8 Å². The van der Waals surface area contributed by atoms with E-state index in [4.69, 9.17) is 0 Å². The smallest absolute Gasteiger partial charge is 0.266 e. The van der Waals surface area contributed by atoms with Gasteiger partial charge in [0, 0.05) is 18.0 Å². The lowest BCUT2D eigenvalue weighted by molar-refractivity contribution is 0.456. The fourth-order valence-electron chi connectivity index (χ4n) is 3.96. The van der Waals surface area contributed by atoms with Gasteiger partial charge in [-0.2, -0.15) is 10.2 Å². The molecule has 6 nitrogen and oxygen atoms in total. The van der Waals surface area contributed by atoms with Gasteiger partial charge >= 0.3 is 0 Å². The normalized spacial score (nSPS) is 19.8.